The lowest BCUT2D eigenvalue weighted by Crippen LogP contribution is -2.76. The van der Waals surface area contributed by atoms with E-state index in [1.54, 1.807) is 74.5 Å². The molecule has 0 aromatic heterocycles. The molecular formula is C34H34O10. The standard InChI is InChI=1S/C34H34O10/c1-17(2)32-25(40-28(37)20-11-7-5-8-12-20)19(4)33-22-15-18(3)24(36)31(22,39)29(38)30(16-35)26(41-30)23(33)27(32)42-34(43-32,44-33)21-13-9-6-10-14-21/h5-15,19,22-23,25-27,29,35,38-39H,1,16H2,2-4H3/t19-,22-,23-,25-,26+,27+,29-,30-,31+,32-,33+,34-/m0/s1. The molecule has 10 heteroatoms. The minimum Gasteiger partial charge on any atom is -0.455 e. The van der Waals surface area contributed by atoms with Gasteiger partial charge in [0.1, 0.15) is 30.0 Å². The van der Waals surface area contributed by atoms with Gasteiger partial charge < -0.3 is 39.0 Å². The van der Waals surface area contributed by atoms with Crippen LogP contribution >= 0.6 is 0 Å². The fraction of sp³-hybridized carbons (Fsp3) is 0.471. The lowest BCUT2D eigenvalue weighted by molar-refractivity contribution is -0.440. The average molecular weight is 603 g/mol. The van der Waals surface area contributed by atoms with Crippen LogP contribution in [0.15, 0.2) is 84.5 Å². The van der Waals surface area contributed by atoms with Crippen molar-refractivity contribution < 1.29 is 48.6 Å². The van der Waals surface area contributed by atoms with Crippen LogP contribution in [0.4, 0.5) is 0 Å². The number of benzene rings is 2. The first-order valence-corrected chi connectivity index (χ1v) is 14.9. The van der Waals surface area contributed by atoms with Crippen LogP contribution < -0.4 is 0 Å². The third-order valence-electron chi connectivity index (χ3n) is 11.1. The summed E-state index contributed by atoms with van der Waals surface area (Å²) in [6.45, 7) is 8.80. The summed E-state index contributed by atoms with van der Waals surface area (Å²) in [6, 6.07) is 17.6. The fourth-order valence-electron chi connectivity index (χ4n) is 9.07. The molecule has 3 aliphatic carbocycles. The van der Waals surface area contributed by atoms with E-state index in [1.165, 1.54) is 0 Å². The second-order valence-corrected chi connectivity index (χ2v) is 13.1. The van der Waals surface area contributed by atoms with Gasteiger partial charge in [-0.25, -0.2) is 4.79 Å². The van der Waals surface area contributed by atoms with Crippen molar-refractivity contribution in [1.82, 2.24) is 0 Å². The first-order valence-electron chi connectivity index (χ1n) is 14.9. The molecule has 3 N–H and O–H groups in total. The van der Waals surface area contributed by atoms with E-state index in [2.05, 4.69) is 6.58 Å². The van der Waals surface area contributed by atoms with E-state index < -0.39 is 88.9 Å². The quantitative estimate of drug-likeness (QED) is 0.265. The lowest BCUT2D eigenvalue weighted by atomic mass is 9.53. The number of aliphatic hydroxyl groups excluding tert-OH is 2. The number of hydrogen-bond acceptors (Lipinski definition) is 10. The van der Waals surface area contributed by atoms with Crippen LogP contribution in [0.2, 0.25) is 0 Å². The van der Waals surface area contributed by atoms with Gasteiger partial charge >= 0.3 is 11.9 Å². The normalized spacial score (nSPS) is 47.6. The Morgan fingerprint density at radius 1 is 1.02 bits per heavy atom. The minimum atomic E-state index is -2.42. The molecule has 44 heavy (non-hydrogen) atoms. The maximum atomic E-state index is 13.8. The number of Topliss-reactive ketones (excluding diaryl/α,β-unsaturated/α-hetero) is 1. The fourth-order valence-corrected chi connectivity index (χ4v) is 9.07. The topological polar surface area (TPSA) is 144 Å². The van der Waals surface area contributed by atoms with Crippen LogP contribution in [-0.4, -0.2) is 80.5 Å². The van der Waals surface area contributed by atoms with Crippen molar-refractivity contribution in [3.05, 3.63) is 95.6 Å². The predicted octanol–water partition coefficient (Wildman–Crippen LogP) is 2.17. The summed E-state index contributed by atoms with van der Waals surface area (Å²) in [5.41, 5.74) is -5.56. The van der Waals surface area contributed by atoms with E-state index >= 15 is 0 Å². The van der Waals surface area contributed by atoms with Crippen molar-refractivity contribution in [3.8, 4) is 0 Å². The van der Waals surface area contributed by atoms with Crippen molar-refractivity contribution in [2.75, 3.05) is 6.61 Å². The van der Waals surface area contributed by atoms with E-state index in [0.717, 1.165) is 0 Å². The molecule has 0 radical (unpaired) electrons. The number of carbonyl (C=O) groups is 2. The number of rotatable bonds is 5. The highest BCUT2D eigenvalue weighted by Gasteiger charge is 2.90. The molecule has 6 aliphatic rings. The molecule has 2 aromatic rings. The number of aliphatic hydroxyl groups is 3. The van der Waals surface area contributed by atoms with Gasteiger partial charge in [0, 0.05) is 23.3 Å². The predicted molar refractivity (Wildman–Crippen MR) is 152 cm³/mol. The number of ketones is 1. The Labute approximate surface area is 253 Å². The van der Waals surface area contributed by atoms with Gasteiger partial charge in [-0.05, 0) is 37.1 Å². The zero-order chi connectivity index (χ0) is 31.0. The summed E-state index contributed by atoms with van der Waals surface area (Å²) in [6.07, 6.45) is -3.09. The molecule has 8 rings (SSSR count). The van der Waals surface area contributed by atoms with Crippen LogP contribution in [0.25, 0.3) is 0 Å². The Kier molecular flexibility index (Phi) is 5.61. The summed E-state index contributed by atoms with van der Waals surface area (Å²) in [7, 11) is 0. The summed E-state index contributed by atoms with van der Waals surface area (Å²) in [5.74, 6) is -5.87. The summed E-state index contributed by atoms with van der Waals surface area (Å²) in [4.78, 5) is 27.5. The van der Waals surface area contributed by atoms with Crippen molar-refractivity contribution in [1.29, 1.82) is 0 Å². The van der Waals surface area contributed by atoms with Gasteiger partial charge in [0.05, 0.1) is 17.8 Å². The minimum absolute atomic E-state index is 0.232. The Morgan fingerprint density at radius 3 is 2.32 bits per heavy atom. The van der Waals surface area contributed by atoms with E-state index in [0.29, 0.717) is 16.7 Å². The summed E-state index contributed by atoms with van der Waals surface area (Å²) in [5, 5.41) is 34.8. The Morgan fingerprint density at radius 2 is 1.68 bits per heavy atom. The first kappa shape index (κ1) is 28.3. The molecule has 12 atom stereocenters. The SMILES string of the molecule is C=C(C)[C@@]12O[C@]3(c4ccccc4)O[C@@H]1[C@@H]1[C@H]4O[C@]4(CO)[C@H](O)[C@]4(O)C(=O)C(C)=C[C@@H]4[C@]1(O3)[C@@H](C)[C@@H]2OC(=O)c1ccccc1. The van der Waals surface area contributed by atoms with Crippen LogP contribution in [0.5, 0.6) is 0 Å². The van der Waals surface area contributed by atoms with E-state index in [4.69, 9.17) is 23.7 Å². The van der Waals surface area contributed by atoms with Crippen molar-refractivity contribution in [2.45, 2.75) is 73.6 Å². The second kappa shape index (κ2) is 8.73. The molecule has 3 heterocycles. The third kappa shape index (κ3) is 3.00. The van der Waals surface area contributed by atoms with Gasteiger partial charge in [0.15, 0.2) is 17.0 Å². The number of fused-ring (bicyclic) bond motifs is 3. The number of epoxide rings is 1. The molecule has 0 unspecified atom stereocenters. The van der Waals surface area contributed by atoms with Gasteiger partial charge in [0.25, 0.3) is 0 Å². The number of ether oxygens (including phenoxy) is 5. The van der Waals surface area contributed by atoms with Crippen LogP contribution in [-0.2, 0) is 34.5 Å². The molecule has 0 spiro atoms. The highest BCUT2D eigenvalue weighted by Crippen LogP contribution is 2.74. The lowest BCUT2D eigenvalue weighted by Gasteiger charge is -2.61. The van der Waals surface area contributed by atoms with Gasteiger partial charge in [-0.2, -0.15) is 0 Å². The van der Waals surface area contributed by atoms with Gasteiger partial charge in [0.2, 0.25) is 0 Å². The smallest absolute Gasteiger partial charge is 0.338 e. The van der Waals surface area contributed by atoms with Crippen LogP contribution in [0, 0.1) is 17.8 Å². The summed E-state index contributed by atoms with van der Waals surface area (Å²) < 4.78 is 33.4. The van der Waals surface area contributed by atoms with E-state index in [1.807, 2.05) is 13.0 Å². The molecular weight excluding hydrogens is 568 g/mol. The zero-order valence-electron chi connectivity index (χ0n) is 24.5. The average Bonchev–Trinajstić information content (AvgIpc) is 3.65. The largest absolute Gasteiger partial charge is 0.455 e. The second-order valence-electron chi connectivity index (χ2n) is 13.1. The number of esters is 1. The molecule has 2 aromatic carbocycles. The molecule has 230 valence electrons. The van der Waals surface area contributed by atoms with Crippen molar-refractivity contribution in [2.24, 2.45) is 17.8 Å². The van der Waals surface area contributed by atoms with Gasteiger partial charge in [-0.3, -0.25) is 4.79 Å². The zero-order valence-corrected chi connectivity index (χ0v) is 24.5. The molecule has 3 saturated heterocycles. The third-order valence-corrected chi connectivity index (χ3v) is 11.1. The van der Waals surface area contributed by atoms with Crippen LogP contribution in [0.1, 0.15) is 36.7 Å². The van der Waals surface area contributed by atoms with Crippen molar-refractivity contribution >= 4 is 11.8 Å². The first-order chi connectivity index (χ1) is 20.9. The maximum Gasteiger partial charge on any atom is 0.338 e. The van der Waals surface area contributed by atoms with E-state index in [9.17, 15) is 24.9 Å². The summed E-state index contributed by atoms with van der Waals surface area (Å²) >= 11 is 0. The monoisotopic (exact) mass is 602 g/mol. The van der Waals surface area contributed by atoms with Gasteiger partial charge in [-0.15, -0.1) is 0 Å². The molecule has 3 aliphatic heterocycles. The van der Waals surface area contributed by atoms with Gasteiger partial charge in [-0.1, -0.05) is 68.1 Å². The molecule has 0 amide bonds. The molecule has 5 fully saturated rings. The highest BCUT2D eigenvalue weighted by atomic mass is 16.9. The molecule has 2 saturated carbocycles. The van der Waals surface area contributed by atoms with Crippen molar-refractivity contribution in [3.63, 3.8) is 0 Å². The molecule has 3 bridgehead atoms. The Balaban J connectivity index is 1.41. The molecule has 10 nitrogen and oxygen atoms in total. The Bertz CT molecular complexity index is 1620. The number of carbonyl (C=O) groups excluding carboxylic acids is 2. The maximum absolute atomic E-state index is 13.8. The Hall–Kier alpha value is -3.22. The highest BCUT2D eigenvalue weighted by molar-refractivity contribution is 6.05. The number of hydrogen-bond donors (Lipinski definition) is 3. The van der Waals surface area contributed by atoms with Crippen LogP contribution in [0.3, 0.4) is 0 Å². The van der Waals surface area contributed by atoms with E-state index in [-0.39, 0.29) is 5.57 Å².